The number of pyridine rings is 1. The summed E-state index contributed by atoms with van der Waals surface area (Å²) in [6, 6.07) is 3.91. The van der Waals surface area contributed by atoms with Crippen molar-refractivity contribution < 1.29 is 4.74 Å². The van der Waals surface area contributed by atoms with E-state index in [0.29, 0.717) is 0 Å². The van der Waals surface area contributed by atoms with Crippen LogP contribution in [0.15, 0.2) is 24.5 Å². The predicted octanol–water partition coefficient (Wildman–Crippen LogP) is 0.729. The zero-order valence-electron chi connectivity index (χ0n) is 8.49. The molecule has 4 nitrogen and oxygen atoms in total. The highest BCUT2D eigenvalue weighted by Gasteiger charge is 1.89. The lowest BCUT2D eigenvalue weighted by Gasteiger charge is -2.06. The standard InChI is InChI=1S/C10H17N3O/c1-14-9-8-12-6-7-13-10-2-4-11-5-3-10/h2-5,12H,6-9H2,1H3,(H,11,13). The number of anilines is 1. The first-order valence-corrected chi connectivity index (χ1v) is 4.77. The van der Waals surface area contributed by atoms with Crippen LogP contribution in [0.2, 0.25) is 0 Å². The van der Waals surface area contributed by atoms with Gasteiger partial charge < -0.3 is 15.4 Å². The molecule has 0 radical (unpaired) electrons. The van der Waals surface area contributed by atoms with Crippen molar-refractivity contribution in [1.82, 2.24) is 10.3 Å². The smallest absolute Gasteiger partial charge is 0.0587 e. The second-order valence-electron chi connectivity index (χ2n) is 2.91. The molecule has 2 N–H and O–H groups in total. The lowest BCUT2D eigenvalue weighted by molar-refractivity contribution is 0.200. The van der Waals surface area contributed by atoms with Crippen molar-refractivity contribution in [2.45, 2.75) is 0 Å². The summed E-state index contributed by atoms with van der Waals surface area (Å²) < 4.78 is 4.92. The number of hydrogen-bond acceptors (Lipinski definition) is 4. The van der Waals surface area contributed by atoms with E-state index in [-0.39, 0.29) is 0 Å². The fourth-order valence-corrected chi connectivity index (χ4v) is 1.06. The third-order valence-electron chi connectivity index (χ3n) is 1.79. The van der Waals surface area contributed by atoms with Crippen molar-refractivity contribution in [3.8, 4) is 0 Å². The van der Waals surface area contributed by atoms with Gasteiger partial charge in [-0.05, 0) is 12.1 Å². The Bertz CT molecular complexity index is 228. The van der Waals surface area contributed by atoms with Gasteiger partial charge in [0.05, 0.1) is 6.61 Å². The summed E-state index contributed by atoms with van der Waals surface area (Å²) in [5.74, 6) is 0. The van der Waals surface area contributed by atoms with Crippen LogP contribution in [0.25, 0.3) is 0 Å². The molecule has 0 amide bonds. The fourth-order valence-electron chi connectivity index (χ4n) is 1.06. The maximum atomic E-state index is 4.92. The molecule has 78 valence electrons. The second-order valence-corrected chi connectivity index (χ2v) is 2.91. The molecular weight excluding hydrogens is 178 g/mol. The zero-order valence-corrected chi connectivity index (χ0v) is 8.49. The van der Waals surface area contributed by atoms with Gasteiger partial charge in [0, 0.05) is 44.8 Å². The van der Waals surface area contributed by atoms with Crippen molar-refractivity contribution in [3.05, 3.63) is 24.5 Å². The molecule has 0 aliphatic carbocycles. The molecule has 4 heteroatoms. The van der Waals surface area contributed by atoms with Gasteiger partial charge in [-0.25, -0.2) is 0 Å². The molecule has 0 bridgehead atoms. The highest BCUT2D eigenvalue weighted by Crippen LogP contribution is 2.01. The van der Waals surface area contributed by atoms with Crippen molar-refractivity contribution >= 4 is 5.69 Å². The van der Waals surface area contributed by atoms with E-state index >= 15 is 0 Å². The fraction of sp³-hybridized carbons (Fsp3) is 0.500. The summed E-state index contributed by atoms with van der Waals surface area (Å²) >= 11 is 0. The van der Waals surface area contributed by atoms with Gasteiger partial charge in [-0.15, -0.1) is 0 Å². The Morgan fingerprint density at radius 2 is 2.00 bits per heavy atom. The normalized spacial score (nSPS) is 10.1. The Balaban J connectivity index is 1.99. The summed E-state index contributed by atoms with van der Waals surface area (Å²) in [7, 11) is 1.71. The summed E-state index contributed by atoms with van der Waals surface area (Å²) in [5, 5.41) is 6.53. The average Bonchev–Trinajstić information content (AvgIpc) is 2.25. The Kier molecular flexibility index (Phi) is 5.70. The van der Waals surface area contributed by atoms with Gasteiger partial charge in [-0.2, -0.15) is 0 Å². The van der Waals surface area contributed by atoms with Gasteiger partial charge in [-0.3, -0.25) is 4.98 Å². The summed E-state index contributed by atoms with van der Waals surface area (Å²) in [6.07, 6.45) is 3.56. The van der Waals surface area contributed by atoms with E-state index in [1.165, 1.54) is 0 Å². The molecule has 0 fully saturated rings. The number of nitrogens with one attached hydrogen (secondary N) is 2. The number of hydrogen-bond donors (Lipinski definition) is 2. The Morgan fingerprint density at radius 3 is 2.71 bits per heavy atom. The molecule has 0 saturated carbocycles. The SMILES string of the molecule is COCCNCCNc1ccncc1. The van der Waals surface area contributed by atoms with Crippen LogP contribution in [0.3, 0.4) is 0 Å². The monoisotopic (exact) mass is 195 g/mol. The van der Waals surface area contributed by atoms with Crippen LogP contribution < -0.4 is 10.6 Å². The Labute approximate surface area is 84.7 Å². The third kappa shape index (κ3) is 4.79. The summed E-state index contributed by atoms with van der Waals surface area (Å²) in [5.41, 5.74) is 1.11. The van der Waals surface area contributed by atoms with E-state index in [1.807, 2.05) is 12.1 Å². The van der Waals surface area contributed by atoms with E-state index in [1.54, 1.807) is 19.5 Å². The first-order valence-electron chi connectivity index (χ1n) is 4.77. The molecular formula is C10H17N3O. The van der Waals surface area contributed by atoms with Crippen LogP contribution in [0.5, 0.6) is 0 Å². The van der Waals surface area contributed by atoms with Gasteiger partial charge in [0.15, 0.2) is 0 Å². The van der Waals surface area contributed by atoms with Crippen LogP contribution >= 0.6 is 0 Å². The van der Waals surface area contributed by atoms with E-state index in [4.69, 9.17) is 4.74 Å². The highest BCUT2D eigenvalue weighted by atomic mass is 16.5. The molecule has 1 aromatic heterocycles. The van der Waals surface area contributed by atoms with Crippen molar-refractivity contribution in [1.29, 1.82) is 0 Å². The molecule has 0 saturated heterocycles. The Hall–Kier alpha value is -1.13. The van der Waals surface area contributed by atoms with Crippen LogP contribution in [0.1, 0.15) is 0 Å². The quantitative estimate of drug-likeness (QED) is 0.630. The molecule has 0 atom stereocenters. The van der Waals surface area contributed by atoms with Gasteiger partial charge in [0.2, 0.25) is 0 Å². The summed E-state index contributed by atoms with van der Waals surface area (Å²) in [6.45, 7) is 3.50. The predicted molar refractivity (Wildman–Crippen MR) is 57.5 cm³/mol. The molecule has 1 rings (SSSR count). The number of nitrogens with zero attached hydrogens (tertiary/aromatic N) is 1. The maximum Gasteiger partial charge on any atom is 0.0587 e. The largest absolute Gasteiger partial charge is 0.384 e. The number of ether oxygens (including phenoxy) is 1. The molecule has 0 unspecified atom stereocenters. The van der Waals surface area contributed by atoms with E-state index in [9.17, 15) is 0 Å². The van der Waals surface area contributed by atoms with Crippen LogP contribution in [-0.4, -0.2) is 38.3 Å². The highest BCUT2D eigenvalue weighted by molar-refractivity contribution is 5.40. The van der Waals surface area contributed by atoms with Gasteiger partial charge >= 0.3 is 0 Å². The third-order valence-corrected chi connectivity index (χ3v) is 1.79. The average molecular weight is 195 g/mol. The minimum absolute atomic E-state index is 0.759. The van der Waals surface area contributed by atoms with Crippen molar-refractivity contribution in [2.24, 2.45) is 0 Å². The van der Waals surface area contributed by atoms with Gasteiger partial charge in [0.25, 0.3) is 0 Å². The Morgan fingerprint density at radius 1 is 1.21 bits per heavy atom. The van der Waals surface area contributed by atoms with Crippen molar-refractivity contribution in [3.63, 3.8) is 0 Å². The minimum Gasteiger partial charge on any atom is -0.384 e. The molecule has 0 aromatic carbocycles. The topological polar surface area (TPSA) is 46.2 Å². The van der Waals surface area contributed by atoms with Gasteiger partial charge in [-0.1, -0.05) is 0 Å². The van der Waals surface area contributed by atoms with Crippen LogP contribution in [0.4, 0.5) is 5.69 Å². The molecule has 0 aliphatic rings. The molecule has 1 heterocycles. The number of aromatic nitrogens is 1. The van der Waals surface area contributed by atoms with E-state index in [0.717, 1.165) is 31.9 Å². The summed E-state index contributed by atoms with van der Waals surface area (Å²) in [4.78, 5) is 3.94. The van der Waals surface area contributed by atoms with E-state index in [2.05, 4.69) is 15.6 Å². The minimum atomic E-state index is 0.759. The van der Waals surface area contributed by atoms with Crippen LogP contribution in [-0.2, 0) is 4.74 Å². The first-order chi connectivity index (χ1) is 6.93. The van der Waals surface area contributed by atoms with Crippen molar-refractivity contribution in [2.75, 3.05) is 38.7 Å². The van der Waals surface area contributed by atoms with E-state index < -0.39 is 0 Å². The molecule has 14 heavy (non-hydrogen) atoms. The zero-order chi connectivity index (χ0) is 10.1. The number of rotatable bonds is 7. The maximum absolute atomic E-state index is 4.92. The molecule has 1 aromatic rings. The molecule has 0 spiro atoms. The molecule has 0 aliphatic heterocycles. The second kappa shape index (κ2) is 7.29. The lowest BCUT2D eigenvalue weighted by atomic mass is 10.4. The van der Waals surface area contributed by atoms with Gasteiger partial charge in [0.1, 0.15) is 0 Å². The van der Waals surface area contributed by atoms with Crippen LogP contribution in [0, 0.1) is 0 Å². The lowest BCUT2D eigenvalue weighted by Crippen LogP contribution is -2.25. The first kappa shape index (κ1) is 10.9. The number of methoxy groups -OCH3 is 1.